The van der Waals surface area contributed by atoms with Crippen molar-refractivity contribution in [2.24, 2.45) is 0 Å². The third-order valence-electron chi connectivity index (χ3n) is 3.31. The predicted octanol–water partition coefficient (Wildman–Crippen LogP) is 2.58. The number of hydrogen-bond acceptors (Lipinski definition) is 7. The van der Waals surface area contributed by atoms with Crippen molar-refractivity contribution in [1.82, 2.24) is 24.9 Å². The number of aromatic nitrogens is 5. The fourth-order valence-electron chi connectivity index (χ4n) is 2.00. The molecule has 124 valence electrons. The second-order valence-corrected chi connectivity index (χ2v) is 6.33. The molecule has 1 aromatic carbocycles. The third-order valence-corrected chi connectivity index (χ3v) is 3.31. The van der Waals surface area contributed by atoms with Crippen LogP contribution in [-0.2, 0) is 12.0 Å². The standard InChI is InChI=1S/C15H16N6O3/c1-15(2,3)14-17-12(24-19-14)8-20-9-16-13(18-20)10-4-6-11(7-5-10)21(22)23/h4-7,9H,8H2,1-3H3. The van der Waals surface area contributed by atoms with Gasteiger partial charge in [-0.25, -0.2) is 9.67 Å². The second-order valence-electron chi connectivity index (χ2n) is 6.33. The van der Waals surface area contributed by atoms with Crippen LogP contribution in [0.4, 0.5) is 5.69 Å². The van der Waals surface area contributed by atoms with Gasteiger partial charge in [0.15, 0.2) is 11.6 Å². The van der Waals surface area contributed by atoms with Gasteiger partial charge in [0.1, 0.15) is 12.9 Å². The van der Waals surface area contributed by atoms with E-state index in [0.717, 1.165) is 0 Å². The van der Waals surface area contributed by atoms with Crippen LogP contribution in [0.1, 0.15) is 32.5 Å². The van der Waals surface area contributed by atoms with Gasteiger partial charge < -0.3 is 4.52 Å². The van der Waals surface area contributed by atoms with Gasteiger partial charge >= 0.3 is 0 Å². The van der Waals surface area contributed by atoms with Crippen molar-refractivity contribution < 1.29 is 9.45 Å². The van der Waals surface area contributed by atoms with Gasteiger partial charge in [-0.05, 0) is 12.1 Å². The van der Waals surface area contributed by atoms with Crippen molar-refractivity contribution in [2.75, 3.05) is 0 Å². The van der Waals surface area contributed by atoms with E-state index in [2.05, 4.69) is 20.2 Å². The molecule has 0 aliphatic rings. The first-order valence-corrected chi connectivity index (χ1v) is 7.30. The van der Waals surface area contributed by atoms with Crippen LogP contribution in [0.15, 0.2) is 35.1 Å². The van der Waals surface area contributed by atoms with Gasteiger partial charge in [0.05, 0.1) is 4.92 Å². The highest BCUT2D eigenvalue weighted by Crippen LogP contribution is 2.20. The van der Waals surface area contributed by atoms with Crippen LogP contribution in [0, 0.1) is 10.1 Å². The van der Waals surface area contributed by atoms with Crippen LogP contribution in [0.2, 0.25) is 0 Å². The summed E-state index contributed by atoms with van der Waals surface area (Å²) < 4.78 is 6.81. The molecule has 0 amide bonds. The Bertz CT molecular complexity index is 860. The Morgan fingerprint density at radius 1 is 1.25 bits per heavy atom. The molecular formula is C15H16N6O3. The highest BCUT2D eigenvalue weighted by atomic mass is 16.6. The Morgan fingerprint density at radius 3 is 2.54 bits per heavy atom. The fourth-order valence-corrected chi connectivity index (χ4v) is 2.00. The van der Waals surface area contributed by atoms with Crippen LogP contribution in [-0.4, -0.2) is 29.8 Å². The molecule has 9 heteroatoms. The number of nitro groups is 1. The number of non-ortho nitro benzene ring substituents is 1. The molecule has 2 heterocycles. The number of nitro benzene ring substituents is 1. The highest BCUT2D eigenvalue weighted by Gasteiger charge is 2.21. The SMILES string of the molecule is CC(C)(C)c1noc(Cn2cnc(-c3ccc([N+](=O)[O-])cc3)n2)n1. The van der Waals surface area contributed by atoms with E-state index in [0.29, 0.717) is 29.6 Å². The Balaban J connectivity index is 1.76. The van der Waals surface area contributed by atoms with Crippen LogP contribution in [0.5, 0.6) is 0 Å². The molecule has 0 bridgehead atoms. The largest absolute Gasteiger partial charge is 0.337 e. The van der Waals surface area contributed by atoms with E-state index in [1.165, 1.54) is 12.1 Å². The first-order chi connectivity index (χ1) is 11.3. The summed E-state index contributed by atoms with van der Waals surface area (Å²) in [5, 5.41) is 19.0. The average molecular weight is 328 g/mol. The van der Waals surface area contributed by atoms with Gasteiger partial charge in [-0.1, -0.05) is 25.9 Å². The molecule has 24 heavy (non-hydrogen) atoms. The minimum atomic E-state index is -0.446. The monoisotopic (exact) mass is 328 g/mol. The smallest absolute Gasteiger partial charge is 0.269 e. The average Bonchev–Trinajstić information content (AvgIpc) is 3.17. The first kappa shape index (κ1) is 15.8. The lowest BCUT2D eigenvalue weighted by Crippen LogP contribution is -2.13. The van der Waals surface area contributed by atoms with E-state index in [1.807, 2.05) is 20.8 Å². The van der Waals surface area contributed by atoms with Gasteiger partial charge in [-0.2, -0.15) is 10.1 Å². The van der Waals surface area contributed by atoms with E-state index < -0.39 is 4.92 Å². The molecule has 3 aromatic rings. The molecular weight excluding hydrogens is 312 g/mol. The van der Waals surface area contributed by atoms with Crippen molar-refractivity contribution in [1.29, 1.82) is 0 Å². The quantitative estimate of drug-likeness (QED) is 0.534. The maximum atomic E-state index is 10.7. The Kier molecular flexibility index (Phi) is 3.84. The van der Waals surface area contributed by atoms with Crippen molar-refractivity contribution >= 4 is 5.69 Å². The number of rotatable bonds is 4. The fraction of sp³-hybridized carbons (Fsp3) is 0.333. The lowest BCUT2D eigenvalue weighted by atomic mass is 9.96. The molecule has 2 aromatic heterocycles. The van der Waals surface area contributed by atoms with E-state index in [1.54, 1.807) is 23.1 Å². The molecule has 0 unspecified atom stereocenters. The van der Waals surface area contributed by atoms with Gasteiger partial charge in [0.2, 0.25) is 5.89 Å². The molecule has 0 spiro atoms. The Hall–Kier alpha value is -3.10. The van der Waals surface area contributed by atoms with E-state index >= 15 is 0 Å². The van der Waals surface area contributed by atoms with Gasteiger partial charge in [-0.3, -0.25) is 10.1 Å². The molecule has 0 radical (unpaired) electrons. The molecule has 0 fully saturated rings. The summed E-state index contributed by atoms with van der Waals surface area (Å²) in [7, 11) is 0. The lowest BCUT2D eigenvalue weighted by molar-refractivity contribution is -0.384. The summed E-state index contributed by atoms with van der Waals surface area (Å²) in [6.45, 7) is 6.32. The van der Waals surface area contributed by atoms with Gasteiger partial charge in [0, 0.05) is 23.1 Å². The number of nitrogens with zero attached hydrogens (tertiary/aromatic N) is 6. The maximum Gasteiger partial charge on any atom is 0.269 e. The highest BCUT2D eigenvalue weighted by molar-refractivity contribution is 5.56. The lowest BCUT2D eigenvalue weighted by Gasteiger charge is -2.10. The van der Waals surface area contributed by atoms with Gasteiger partial charge in [-0.15, -0.1) is 0 Å². The molecule has 9 nitrogen and oxygen atoms in total. The van der Waals surface area contributed by atoms with Crippen LogP contribution >= 0.6 is 0 Å². The molecule has 0 atom stereocenters. The van der Waals surface area contributed by atoms with Crippen LogP contribution in [0.25, 0.3) is 11.4 Å². The Labute approximate surface area is 137 Å². The van der Waals surface area contributed by atoms with E-state index in [4.69, 9.17) is 4.52 Å². The maximum absolute atomic E-state index is 10.7. The minimum absolute atomic E-state index is 0.0266. The second kappa shape index (κ2) is 5.84. The van der Waals surface area contributed by atoms with Crippen LogP contribution < -0.4 is 0 Å². The summed E-state index contributed by atoms with van der Waals surface area (Å²) in [5.41, 5.74) is 0.535. The first-order valence-electron chi connectivity index (χ1n) is 7.30. The van der Waals surface area contributed by atoms with Crippen molar-refractivity contribution in [2.45, 2.75) is 32.7 Å². The third kappa shape index (κ3) is 3.29. The molecule has 0 aliphatic heterocycles. The van der Waals surface area contributed by atoms with Crippen LogP contribution in [0.3, 0.4) is 0 Å². The summed E-state index contributed by atoms with van der Waals surface area (Å²) in [6, 6.07) is 6.07. The predicted molar refractivity (Wildman–Crippen MR) is 84.2 cm³/mol. The number of hydrogen-bond donors (Lipinski definition) is 0. The summed E-state index contributed by atoms with van der Waals surface area (Å²) in [6.07, 6.45) is 1.55. The minimum Gasteiger partial charge on any atom is -0.337 e. The van der Waals surface area contributed by atoms with Crippen molar-refractivity contribution in [3.05, 3.63) is 52.4 Å². The molecule has 0 saturated carbocycles. The van der Waals surface area contributed by atoms with E-state index in [9.17, 15) is 10.1 Å². The van der Waals surface area contributed by atoms with Crippen molar-refractivity contribution in [3.8, 4) is 11.4 Å². The molecule has 0 aliphatic carbocycles. The zero-order chi connectivity index (χ0) is 17.3. The molecule has 3 rings (SSSR count). The topological polar surface area (TPSA) is 113 Å². The number of benzene rings is 1. The Morgan fingerprint density at radius 2 is 1.96 bits per heavy atom. The van der Waals surface area contributed by atoms with Crippen molar-refractivity contribution in [3.63, 3.8) is 0 Å². The van der Waals surface area contributed by atoms with E-state index in [-0.39, 0.29) is 11.1 Å². The summed E-state index contributed by atoms with van der Waals surface area (Å²) in [5.74, 6) is 1.55. The zero-order valence-electron chi connectivity index (χ0n) is 13.5. The zero-order valence-corrected chi connectivity index (χ0v) is 13.5. The van der Waals surface area contributed by atoms with Gasteiger partial charge in [0.25, 0.3) is 5.69 Å². The summed E-state index contributed by atoms with van der Waals surface area (Å²) >= 11 is 0. The normalized spacial score (nSPS) is 11.6. The molecule has 0 saturated heterocycles. The molecule has 0 N–H and O–H groups in total. The summed E-state index contributed by atoms with van der Waals surface area (Å²) in [4.78, 5) is 18.8.